The van der Waals surface area contributed by atoms with E-state index in [9.17, 15) is 31.2 Å². The third kappa shape index (κ3) is 9.09. The minimum atomic E-state index is -4.91. The molecular weight excluding hydrogens is 686 g/mol. The Morgan fingerprint density at radius 1 is 0.854 bits per heavy atom. The van der Waals surface area contributed by atoms with Gasteiger partial charge >= 0.3 is 6.18 Å². The van der Waals surface area contributed by atoms with Gasteiger partial charge in [-0.05, 0) is 60.9 Å². The number of alkyl halides is 3. The second-order valence-corrected chi connectivity index (χ2v) is 13.8. The van der Waals surface area contributed by atoms with Crippen molar-refractivity contribution in [2.75, 3.05) is 10.8 Å². The van der Waals surface area contributed by atoms with Gasteiger partial charge in [0.15, 0.2) is 0 Å². The summed E-state index contributed by atoms with van der Waals surface area (Å²) in [6, 6.07) is 23.9. The molecule has 7 nitrogen and oxygen atoms in total. The largest absolute Gasteiger partial charge is 0.417 e. The van der Waals surface area contributed by atoms with Gasteiger partial charge in [0.1, 0.15) is 12.6 Å². The van der Waals surface area contributed by atoms with E-state index in [2.05, 4.69) is 5.32 Å². The van der Waals surface area contributed by atoms with Crippen molar-refractivity contribution in [3.8, 4) is 0 Å². The van der Waals surface area contributed by atoms with Crippen LogP contribution in [0.3, 0.4) is 0 Å². The SMILES string of the molecule is CC[C@H](C)NC(=O)[C@H](Cc1ccccc1)N(Cc1ccccc1Cl)C(=O)CN(c1ccc(Cl)c(C(F)(F)F)c1)S(=O)(=O)c1ccccc1. The maximum Gasteiger partial charge on any atom is 0.417 e. The highest BCUT2D eigenvalue weighted by Gasteiger charge is 2.38. The number of nitrogens with zero attached hydrogens (tertiary/aromatic N) is 2. The first kappa shape index (κ1) is 36.8. The van der Waals surface area contributed by atoms with Crippen LogP contribution in [0.15, 0.2) is 108 Å². The average Bonchev–Trinajstić information content (AvgIpc) is 3.06. The lowest BCUT2D eigenvalue weighted by Gasteiger charge is -2.34. The number of carbonyl (C=O) groups is 2. The second kappa shape index (κ2) is 15.9. The molecule has 4 aromatic carbocycles. The van der Waals surface area contributed by atoms with E-state index in [0.29, 0.717) is 27.4 Å². The van der Waals surface area contributed by atoms with Gasteiger partial charge in [0.05, 0.1) is 21.2 Å². The van der Waals surface area contributed by atoms with E-state index < -0.39 is 56.9 Å². The van der Waals surface area contributed by atoms with Gasteiger partial charge < -0.3 is 10.2 Å². The molecule has 13 heteroatoms. The second-order valence-electron chi connectivity index (χ2n) is 11.1. The number of halogens is 5. The van der Waals surface area contributed by atoms with E-state index in [-0.39, 0.29) is 23.9 Å². The average molecular weight is 721 g/mol. The number of rotatable bonds is 13. The van der Waals surface area contributed by atoms with Crippen molar-refractivity contribution in [2.45, 2.75) is 56.4 Å². The maximum absolute atomic E-state index is 14.5. The summed E-state index contributed by atoms with van der Waals surface area (Å²) in [5, 5.41) is 2.58. The van der Waals surface area contributed by atoms with Crippen LogP contribution in [0.2, 0.25) is 10.0 Å². The number of benzene rings is 4. The molecule has 0 saturated heterocycles. The zero-order valence-electron chi connectivity index (χ0n) is 26.1. The molecule has 1 N–H and O–H groups in total. The quantitative estimate of drug-likeness (QED) is 0.153. The molecule has 0 saturated carbocycles. The molecule has 48 heavy (non-hydrogen) atoms. The summed E-state index contributed by atoms with van der Waals surface area (Å²) < 4.78 is 70.5. The van der Waals surface area contributed by atoms with E-state index in [4.69, 9.17) is 23.2 Å². The summed E-state index contributed by atoms with van der Waals surface area (Å²) in [6.45, 7) is 2.56. The smallest absolute Gasteiger partial charge is 0.352 e. The van der Waals surface area contributed by atoms with Crippen LogP contribution >= 0.6 is 23.2 Å². The van der Waals surface area contributed by atoms with Crippen LogP contribution in [-0.4, -0.2) is 43.8 Å². The molecule has 2 amide bonds. The van der Waals surface area contributed by atoms with Crippen molar-refractivity contribution < 1.29 is 31.2 Å². The number of sulfonamides is 1. The molecule has 0 spiro atoms. The standard InChI is InChI=1S/C35H34Cl2F3N3O4S/c1-3-24(2)41-34(45)32(20-25-12-6-4-7-13-25)42(22-26-14-10-11-17-30(26)36)33(44)23-43(48(46,47)28-15-8-5-9-16-28)27-18-19-31(37)29(21-27)35(38,39)40/h4-19,21,24,32H,3,20,22-23H2,1-2H3,(H,41,45)/t24-,32-/m0/s1. The van der Waals surface area contributed by atoms with Gasteiger partial charge in [0, 0.05) is 24.0 Å². The Kier molecular flexibility index (Phi) is 12.2. The summed E-state index contributed by atoms with van der Waals surface area (Å²) in [5.74, 6) is -1.34. The summed E-state index contributed by atoms with van der Waals surface area (Å²) in [4.78, 5) is 29.4. The first-order valence-corrected chi connectivity index (χ1v) is 17.2. The van der Waals surface area contributed by atoms with Crippen molar-refractivity contribution in [1.82, 2.24) is 10.2 Å². The van der Waals surface area contributed by atoms with Crippen molar-refractivity contribution in [3.05, 3.63) is 130 Å². The number of carbonyl (C=O) groups excluding carboxylic acids is 2. The molecule has 254 valence electrons. The third-order valence-corrected chi connectivity index (χ3v) is 10.2. The van der Waals surface area contributed by atoms with Gasteiger partial charge in [0.2, 0.25) is 11.8 Å². The van der Waals surface area contributed by atoms with E-state index in [1.54, 1.807) is 60.7 Å². The molecule has 0 radical (unpaired) electrons. The summed E-state index contributed by atoms with van der Waals surface area (Å²) in [5.41, 5.74) is -0.513. The fourth-order valence-corrected chi connectivity index (χ4v) is 6.79. The number of hydrogen-bond acceptors (Lipinski definition) is 4. The van der Waals surface area contributed by atoms with Crippen LogP contribution < -0.4 is 9.62 Å². The topological polar surface area (TPSA) is 86.8 Å². The lowest BCUT2D eigenvalue weighted by atomic mass is 10.0. The molecular formula is C35H34Cl2F3N3O4S. The van der Waals surface area contributed by atoms with E-state index in [0.717, 1.165) is 17.7 Å². The van der Waals surface area contributed by atoms with E-state index in [1.807, 2.05) is 13.8 Å². The van der Waals surface area contributed by atoms with Crippen molar-refractivity contribution in [1.29, 1.82) is 0 Å². The predicted molar refractivity (Wildman–Crippen MR) is 181 cm³/mol. The lowest BCUT2D eigenvalue weighted by molar-refractivity contribution is -0.140. The highest BCUT2D eigenvalue weighted by atomic mass is 35.5. The zero-order valence-corrected chi connectivity index (χ0v) is 28.5. The normalized spacial score (nSPS) is 13.0. The van der Waals surface area contributed by atoms with Crippen molar-refractivity contribution >= 4 is 50.7 Å². The van der Waals surface area contributed by atoms with E-state index >= 15 is 0 Å². The molecule has 0 fully saturated rings. The molecule has 2 atom stereocenters. The number of amides is 2. The Hall–Kier alpha value is -4.06. The third-order valence-electron chi connectivity index (χ3n) is 7.72. The van der Waals surface area contributed by atoms with Crippen molar-refractivity contribution in [3.63, 3.8) is 0 Å². The minimum absolute atomic E-state index is 0.0594. The monoisotopic (exact) mass is 719 g/mol. The number of hydrogen-bond donors (Lipinski definition) is 1. The number of anilines is 1. The molecule has 0 aliphatic carbocycles. The van der Waals surface area contributed by atoms with Gasteiger partial charge in [0.25, 0.3) is 10.0 Å². The molecule has 4 rings (SSSR count). The van der Waals surface area contributed by atoms with E-state index in [1.165, 1.54) is 29.2 Å². The Morgan fingerprint density at radius 3 is 2.06 bits per heavy atom. The van der Waals surface area contributed by atoms with Crippen LogP contribution in [0.1, 0.15) is 37.0 Å². The van der Waals surface area contributed by atoms with Crippen LogP contribution in [0.25, 0.3) is 0 Å². The summed E-state index contributed by atoms with van der Waals surface area (Å²) >= 11 is 12.4. The molecule has 4 aromatic rings. The van der Waals surface area contributed by atoms with Crippen LogP contribution in [0.4, 0.5) is 18.9 Å². The first-order chi connectivity index (χ1) is 22.7. The fourth-order valence-electron chi connectivity index (χ4n) is 4.94. The predicted octanol–water partition coefficient (Wildman–Crippen LogP) is 7.76. The molecule has 0 aliphatic rings. The Bertz CT molecular complexity index is 1830. The first-order valence-electron chi connectivity index (χ1n) is 15.0. The highest BCUT2D eigenvalue weighted by molar-refractivity contribution is 7.92. The maximum atomic E-state index is 14.5. The Morgan fingerprint density at radius 2 is 1.46 bits per heavy atom. The van der Waals surface area contributed by atoms with Gasteiger partial charge in [-0.3, -0.25) is 13.9 Å². The summed E-state index contributed by atoms with van der Waals surface area (Å²) in [7, 11) is -4.62. The zero-order chi connectivity index (χ0) is 35.1. The van der Waals surface area contributed by atoms with Crippen LogP contribution in [0, 0.1) is 0 Å². The molecule has 0 aliphatic heterocycles. The minimum Gasteiger partial charge on any atom is -0.352 e. The Balaban J connectivity index is 1.87. The summed E-state index contributed by atoms with van der Waals surface area (Å²) in [6.07, 6.45) is -4.25. The van der Waals surface area contributed by atoms with Crippen molar-refractivity contribution in [2.24, 2.45) is 0 Å². The van der Waals surface area contributed by atoms with Gasteiger partial charge in [-0.2, -0.15) is 13.2 Å². The number of nitrogens with one attached hydrogen (secondary N) is 1. The van der Waals surface area contributed by atoms with Crippen LogP contribution in [-0.2, 0) is 38.8 Å². The van der Waals surface area contributed by atoms with Crippen LogP contribution in [0.5, 0.6) is 0 Å². The van der Waals surface area contributed by atoms with Gasteiger partial charge in [-0.15, -0.1) is 0 Å². The Labute approximate surface area is 288 Å². The molecule has 0 bridgehead atoms. The highest BCUT2D eigenvalue weighted by Crippen LogP contribution is 2.38. The fraction of sp³-hybridized carbons (Fsp3) is 0.257. The molecule has 0 unspecified atom stereocenters. The molecule has 0 aromatic heterocycles. The van der Waals surface area contributed by atoms with Gasteiger partial charge in [-0.1, -0.05) is 96.9 Å². The lowest BCUT2D eigenvalue weighted by Crippen LogP contribution is -2.54. The molecule has 0 heterocycles. The van der Waals surface area contributed by atoms with Gasteiger partial charge in [-0.25, -0.2) is 8.42 Å².